The molecule has 1 aliphatic heterocycles. The summed E-state index contributed by atoms with van der Waals surface area (Å²) in [6, 6.07) is 0.411. The molecule has 1 fully saturated rings. The van der Waals surface area contributed by atoms with Gasteiger partial charge in [-0.05, 0) is 39.4 Å². The highest BCUT2D eigenvalue weighted by Crippen LogP contribution is 2.20. The molecule has 2 atom stereocenters. The maximum Gasteiger partial charge on any atom is 0.415 e. The van der Waals surface area contributed by atoms with Crippen LogP contribution in [0.4, 0.5) is 13.2 Å². The predicted octanol–water partition coefficient (Wildman–Crippen LogP) is 1.37. The minimum absolute atomic E-state index is 0.351. The Morgan fingerprint density at radius 2 is 2.12 bits per heavy atom. The van der Waals surface area contributed by atoms with E-state index < -0.39 is 12.3 Å². The Labute approximate surface area is 100.0 Å². The predicted molar refractivity (Wildman–Crippen MR) is 59.8 cm³/mol. The summed E-state index contributed by atoms with van der Waals surface area (Å²) in [4.78, 5) is 1.54. The van der Waals surface area contributed by atoms with Crippen molar-refractivity contribution < 1.29 is 18.3 Å². The van der Waals surface area contributed by atoms with E-state index in [4.69, 9.17) is 5.11 Å². The van der Waals surface area contributed by atoms with E-state index in [0.717, 1.165) is 19.4 Å². The number of halogens is 3. The molecule has 102 valence electrons. The molecule has 0 amide bonds. The average Bonchev–Trinajstić information content (AvgIpc) is 2.26. The first-order valence-electron chi connectivity index (χ1n) is 6.06. The number of nitrogens with zero attached hydrogens (tertiary/aromatic N) is 1. The van der Waals surface area contributed by atoms with E-state index in [0.29, 0.717) is 12.6 Å². The van der Waals surface area contributed by atoms with Gasteiger partial charge in [0.1, 0.15) is 0 Å². The molecule has 2 unspecified atom stereocenters. The van der Waals surface area contributed by atoms with Crippen molar-refractivity contribution in [2.24, 2.45) is 0 Å². The smallest absolute Gasteiger partial charge is 0.382 e. The van der Waals surface area contributed by atoms with Gasteiger partial charge in [-0.1, -0.05) is 6.42 Å². The van der Waals surface area contributed by atoms with Crippen LogP contribution in [0.15, 0.2) is 0 Å². The highest BCUT2D eigenvalue weighted by Gasteiger charge is 2.38. The molecule has 0 aromatic rings. The van der Waals surface area contributed by atoms with E-state index in [1.54, 1.807) is 7.05 Å². The fraction of sp³-hybridized carbons (Fsp3) is 1.00. The van der Waals surface area contributed by atoms with Crippen LogP contribution in [-0.2, 0) is 0 Å². The van der Waals surface area contributed by atoms with Gasteiger partial charge in [0.15, 0.2) is 6.10 Å². The summed E-state index contributed by atoms with van der Waals surface area (Å²) in [6.07, 6.45) is -2.47. The molecule has 0 spiro atoms. The molecule has 0 radical (unpaired) electrons. The molecule has 6 heteroatoms. The molecule has 0 saturated carbocycles. The summed E-state index contributed by atoms with van der Waals surface area (Å²) in [6.45, 7) is 1.22. The first kappa shape index (κ1) is 14.7. The van der Waals surface area contributed by atoms with Gasteiger partial charge in [-0.15, -0.1) is 0 Å². The van der Waals surface area contributed by atoms with Crippen molar-refractivity contribution in [3.63, 3.8) is 0 Å². The molecule has 17 heavy (non-hydrogen) atoms. The lowest BCUT2D eigenvalue weighted by atomic mass is 10.0. The van der Waals surface area contributed by atoms with E-state index in [1.165, 1.54) is 17.7 Å². The van der Waals surface area contributed by atoms with Crippen molar-refractivity contribution >= 4 is 0 Å². The second kappa shape index (κ2) is 6.56. The molecule has 2 N–H and O–H groups in total. The third-order valence-corrected chi connectivity index (χ3v) is 3.13. The third-order valence-electron chi connectivity index (χ3n) is 3.13. The summed E-state index contributed by atoms with van der Waals surface area (Å²) in [7, 11) is 1.61. The number of nitrogens with one attached hydrogen (secondary N) is 1. The van der Waals surface area contributed by atoms with Crippen LogP contribution in [0.5, 0.6) is 0 Å². The van der Waals surface area contributed by atoms with E-state index in [-0.39, 0.29) is 6.54 Å². The second-order valence-electron chi connectivity index (χ2n) is 4.76. The highest BCUT2D eigenvalue weighted by molar-refractivity contribution is 4.75. The molecule has 0 aromatic heterocycles. The van der Waals surface area contributed by atoms with Crippen LogP contribution in [0.3, 0.4) is 0 Å². The van der Waals surface area contributed by atoms with Gasteiger partial charge < -0.3 is 15.3 Å². The Morgan fingerprint density at radius 3 is 2.65 bits per heavy atom. The monoisotopic (exact) mass is 254 g/mol. The topological polar surface area (TPSA) is 35.5 Å². The minimum Gasteiger partial charge on any atom is -0.382 e. The Hall–Kier alpha value is -0.330. The van der Waals surface area contributed by atoms with Crippen molar-refractivity contribution in [1.29, 1.82) is 0 Å². The largest absolute Gasteiger partial charge is 0.415 e. The molecule has 1 heterocycles. The lowest BCUT2D eigenvalue weighted by Gasteiger charge is -2.27. The second-order valence-corrected chi connectivity index (χ2v) is 4.76. The van der Waals surface area contributed by atoms with Crippen LogP contribution in [0.25, 0.3) is 0 Å². The van der Waals surface area contributed by atoms with Crippen LogP contribution in [0.2, 0.25) is 0 Å². The van der Waals surface area contributed by atoms with Crippen molar-refractivity contribution in [2.45, 2.75) is 44.0 Å². The molecule has 0 aromatic carbocycles. The number of rotatable bonds is 5. The van der Waals surface area contributed by atoms with E-state index >= 15 is 0 Å². The fourth-order valence-corrected chi connectivity index (χ4v) is 2.04. The number of likely N-dealkylation sites (N-methyl/N-ethyl adjacent to an activating group) is 1. The SMILES string of the molecule is CN(CCC1CCCCN1)CC(O)C(F)(F)F. The number of hydrogen-bond acceptors (Lipinski definition) is 3. The van der Waals surface area contributed by atoms with Gasteiger partial charge in [0, 0.05) is 12.6 Å². The summed E-state index contributed by atoms with van der Waals surface area (Å²) < 4.78 is 36.3. The Kier molecular flexibility index (Phi) is 5.69. The molecular weight excluding hydrogens is 233 g/mol. The average molecular weight is 254 g/mol. The van der Waals surface area contributed by atoms with Crippen molar-refractivity contribution in [3.05, 3.63) is 0 Å². The van der Waals surface area contributed by atoms with Gasteiger partial charge >= 0.3 is 6.18 Å². The molecular formula is C11H21F3N2O. The zero-order chi connectivity index (χ0) is 12.9. The Bertz CT molecular complexity index is 217. The van der Waals surface area contributed by atoms with Gasteiger partial charge in [0.25, 0.3) is 0 Å². The molecule has 1 rings (SSSR count). The summed E-state index contributed by atoms with van der Waals surface area (Å²) >= 11 is 0. The number of aliphatic hydroxyl groups is 1. The Balaban J connectivity index is 2.18. The Morgan fingerprint density at radius 1 is 1.41 bits per heavy atom. The summed E-state index contributed by atoms with van der Waals surface area (Å²) in [5, 5.41) is 12.3. The number of alkyl halides is 3. The fourth-order valence-electron chi connectivity index (χ4n) is 2.04. The summed E-state index contributed by atoms with van der Waals surface area (Å²) in [5.74, 6) is 0. The normalized spacial score (nSPS) is 24.0. The van der Waals surface area contributed by atoms with Gasteiger partial charge in [0.2, 0.25) is 0 Å². The van der Waals surface area contributed by atoms with Crippen molar-refractivity contribution in [3.8, 4) is 0 Å². The summed E-state index contributed by atoms with van der Waals surface area (Å²) in [5.41, 5.74) is 0. The number of aliphatic hydroxyl groups excluding tert-OH is 1. The number of hydrogen-bond donors (Lipinski definition) is 2. The molecule has 0 aliphatic carbocycles. The van der Waals surface area contributed by atoms with E-state index in [1.807, 2.05) is 0 Å². The van der Waals surface area contributed by atoms with Gasteiger partial charge in [-0.3, -0.25) is 0 Å². The van der Waals surface area contributed by atoms with Gasteiger partial charge in [-0.2, -0.15) is 13.2 Å². The number of piperidine rings is 1. The van der Waals surface area contributed by atoms with Crippen LogP contribution in [0.1, 0.15) is 25.7 Å². The van der Waals surface area contributed by atoms with E-state index in [2.05, 4.69) is 5.32 Å². The van der Waals surface area contributed by atoms with Crippen LogP contribution < -0.4 is 5.32 Å². The molecule has 1 saturated heterocycles. The highest BCUT2D eigenvalue weighted by atomic mass is 19.4. The van der Waals surface area contributed by atoms with E-state index in [9.17, 15) is 13.2 Å². The van der Waals surface area contributed by atoms with Crippen LogP contribution in [0, 0.1) is 0 Å². The van der Waals surface area contributed by atoms with Crippen molar-refractivity contribution in [2.75, 3.05) is 26.7 Å². The van der Waals surface area contributed by atoms with Crippen LogP contribution in [-0.4, -0.2) is 55.0 Å². The first-order valence-corrected chi connectivity index (χ1v) is 6.06. The lowest BCUT2D eigenvalue weighted by Crippen LogP contribution is -2.42. The van der Waals surface area contributed by atoms with Crippen molar-refractivity contribution in [1.82, 2.24) is 10.2 Å². The first-order chi connectivity index (χ1) is 7.89. The quantitative estimate of drug-likeness (QED) is 0.778. The van der Waals surface area contributed by atoms with Gasteiger partial charge in [0.05, 0.1) is 0 Å². The minimum atomic E-state index is -4.52. The zero-order valence-corrected chi connectivity index (χ0v) is 10.1. The zero-order valence-electron chi connectivity index (χ0n) is 10.1. The lowest BCUT2D eigenvalue weighted by molar-refractivity contribution is -0.207. The molecule has 0 bridgehead atoms. The van der Waals surface area contributed by atoms with Crippen LogP contribution >= 0.6 is 0 Å². The maximum absolute atomic E-state index is 12.1. The standard InChI is InChI=1S/C11H21F3N2O/c1-16(8-10(17)11(12,13)14)7-5-9-4-2-3-6-15-9/h9-10,15,17H,2-8H2,1H3. The van der Waals surface area contributed by atoms with Gasteiger partial charge in [-0.25, -0.2) is 0 Å². The maximum atomic E-state index is 12.1. The third kappa shape index (κ3) is 5.70. The molecule has 3 nitrogen and oxygen atoms in total. The molecule has 1 aliphatic rings.